The molecular formula is C61H94N6O12S. The highest BCUT2D eigenvalue weighted by molar-refractivity contribution is 7.89. The first-order chi connectivity index (χ1) is 36.3. The lowest BCUT2D eigenvalue weighted by Gasteiger charge is -2.54. The molecule has 18 nitrogen and oxygen atoms in total. The molecule has 2 fully saturated rings. The van der Waals surface area contributed by atoms with Crippen LogP contribution in [0.3, 0.4) is 0 Å². The van der Waals surface area contributed by atoms with E-state index in [2.05, 4.69) is 42.0 Å². The van der Waals surface area contributed by atoms with Crippen LogP contribution in [0.25, 0.3) is 0 Å². The number of rotatable bonds is 25. The number of ether oxygens (including phenoxy) is 3. The van der Waals surface area contributed by atoms with Crippen LogP contribution in [0.15, 0.2) is 53.4 Å². The number of aliphatic carboxylic acids is 1. The van der Waals surface area contributed by atoms with Gasteiger partial charge in [0.1, 0.15) is 19.3 Å². The number of para-hydroxylation sites is 1. The summed E-state index contributed by atoms with van der Waals surface area (Å²) in [6, 6.07) is 12.7. The van der Waals surface area contributed by atoms with Crippen LogP contribution in [0.5, 0.6) is 0 Å². The Morgan fingerprint density at radius 2 is 1.15 bits per heavy atom. The van der Waals surface area contributed by atoms with Crippen LogP contribution in [-0.2, 0) is 43.4 Å². The Morgan fingerprint density at radius 1 is 0.662 bits per heavy atom. The minimum Gasteiger partial charge on any atom is -0.481 e. The summed E-state index contributed by atoms with van der Waals surface area (Å²) in [6.07, 6.45) is 1.98. The van der Waals surface area contributed by atoms with Gasteiger partial charge in [-0.3, -0.25) is 19.2 Å². The van der Waals surface area contributed by atoms with E-state index in [1.165, 1.54) is 24.3 Å². The lowest BCUT2D eigenvalue weighted by Crippen LogP contribution is -2.53. The van der Waals surface area contributed by atoms with Crippen molar-refractivity contribution in [2.24, 2.45) is 70.1 Å². The number of hydrogen-bond acceptors (Lipinski definition) is 12. The molecule has 2 aliphatic carbocycles. The lowest BCUT2D eigenvalue weighted by molar-refractivity contribution is -0.171. The van der Waals surface area contributed by atoms with Crippen LogP contribution in [0.1, 0.15) is 176 Å². The third kappa shape index (κ3) is 13.1. The minimum atomic E-state index is -3.94. The zero-order valence-electron chi connectivity index (χ0n) is 51.3. The van der Waals surface area contributed by atoms with E-state index < -0.39 is 99.6 Å². The Bertz CT molecular complexity index is 2830. The van der Waals surface area contributed by atoms with E-state index in [1.807, 2.05) is 110 Å². The molecule has 6 atom stereocenters. The normalized spacial score (nSPS) is 22.9. The molecule has 4 rings (SSSR count). The van der Waals surface area contributed by atoms with E-state index in [4.69, 9.17) is 19.3 Å². The largest absolute Gasteiger partial charge is 0.481 e. The van der Waals surface area contributed by atoms with Crippen molar-refractivity contribution < 1.29 is 56.5 Å². The number of carbonyl (C=O) groups is 6. The second-order valence-electron chi connectivity index (χ2n) is 28.4. The van der Waals surface area contributed by atoms with Gasteiger partial charge in [-0.2, -0.15) is 5.26 Å². The van der Waals surface area contributed by atoms with E-state index in [0.717, 1.165) is 0 Å². The molecule has 0 heterocycles. The molecule has 0 saturated heterocycles. The summed E-state index contributed by atoms with van der Waals surface area (Å²) >= 11 is 0. The highest BCUT2D eigenvalue weighted by atomic mass is 32.2. The molecule has 2 saturated carbocycles. The van der Waals surface area contributed by atoms with Crippen molar-refractivity contribution >= 4 is 57.3 Å². The van der Waals surface area contributed by atoms with Gasteiger partial charge < -0.3 is 40.6 Å². The molecule has 0 radical (unpaired) electrons. The van der Waals surface area contributed by atoms with Gasteiger partial charge in [0.15, 0.2) is 0 Å². The van der Waals surface area contributed by atoms with Crippen molar-refractivity contribution in [2.75, 3.05) is 43.5 Å². The average Bonchev–Trinajstić information content (AvgIpc) is 4.16. The number of sulfonamides is 1. The maximum absolute atomic E-state index is 15.3. The van der Waals surface area contributed by atoms with Gasteiger partial charge in [-0.25, -0.2) is 23.1 Å². The molecule has 446 valence electrons. The first-order valence-electron chi connectivity index (χ1n) is 27.7. The number of nitrogens with zero attached hydrogens (tertiary/aromatic N) is 1. The minimum absolute atomic E-state index is 0.0149. The number of hydrogen-bond donors (Lipinski definition) is 6. The molecule has 2 aromatic carbocycles. The topological polar surface area (TPSA) is 282 Å². The number of carbonyl (C=O) groups excluding carboxylic acids is 5. The van der Waals surface area contributed by atoms with E-state index in [9.17, 15) is 42.8 Å². The summed E-state index contributed by atoms with van der Waals surface area (Å²) in [7, 11) is -3.94. The van der Waals surface area contributed by atoms with Gasteiger partial charge in [-0.1, -0.05) is 123 Å². The quantitative estimate of drug-likeness (QED) is 0.0307. The predicted molar refractivity (Wildman–Crippen MR) is 308 cm³/mol. The number of primary sulfonamides is 1. The average molecular weight is 1140 g/mol. The van der Waals surface area contributed by atoms with Gasteiger partial charge in [0.25, 0.3) is 0 Å². The second kappa shape index (κ2) is 22.9. The standard InChI is InChI=1S/C61H94N6O12S/c1-20-77-46(71)60(36-52(8,9)55(14,15)56(16,44(68)69)34-50(2,3)4)39-59(60,19)54(12,13)37-61(47(72)79-32-30-64-48(73)66-41-25-27-42(28-26-41)80(63,75)76)38-58(61,18)53(10,11)35-57(17,51(5,6)7)45(70)78-31-29-65-49(74)67-43-24-22-21-23-40(43)33-62/h21-28H,20,29-32,34-39H2,1-19H3,(H,68,69)(H2,63,75,76)(H2,64,66,73)(H2,65,67,74). The second-order valence-corrected chi connectivity index (χ2v) is 30.0. The maximum atomic E-state index is 15.3. The molecule has 0 bridgehead atoms. The van der Waals surface area contributed by atoms with Crippen molar-refractivity contribution in [3.05, 3.63) is 54.1 Å². The van der Waals surface area contributed by atoms with Crippen molar-refractivity contribution in [3.8, 4) is 6.07 Å². The zero-order chi connectivity index (χ0) is 61.4. The summed E-state index contributed by atoms with van der Waals surface area (Å²) in [5.41, 5.74) is -9.43. The van der Waals surface area contributed by atoms with E-state index in [-0.39, 0.29) is 62.0 Å². The summed E-state index contributed by atoms with van der Waals surface area (Å²) in [5.74, 6) is -2.27. The summed E-state index contributed by atoms with van der Waals surface area (Å²) in [6.45, 7) is 37.5. The maximum Gasteiger partial charge on any atom is 0.319 e. The number of nitrogens with two attached hydrogens (primary N) is 1. The summed E-state index contributed by atoms with van der Waals surface area (Å²) in [4.78, 5) is 83.7. The van der Waals surface area contributed by atoms with Crippen molar-refractivity contribution in [1.29, 1.82) is 5.26 Å². The number of amides is 4. The number of nitrogens with one attached hydrogen (secondary N) is 4. The Morgan fingerprint density at radius 3 is 1.64 bits per heavy atom. The van der Waals surface area contributed by atoms with E-state index >= 15 is 4.79 Å². The first-order valence-corrected chi connectivity index (χ1v) is 29.3. The lowest BCUT2D eigenvalue weighted by atomic mass is 9.48. The highest BCUT2D eigenvalue weighted by Crippen LogP contribution is 2.83. The molecular weight excluding hydrogens is 1040 g/mol. The predicted octanol–water partition coefficient (Wildman–Crippen LogP) is 11.4. The van der Waals surface area contributed by atoms with Crippen molar-refractivity contribution in [2.45, 2.75) is 175 Å². The number of carboxylic acids is 1. The van der Waals surface area contributed by atoms with Crippen LogP contribution in [0.4, 0.5) is 21.0 Å². The van der Waals surface area contributed by atoms with Gasteiger partial charge in [-0.05, 0) is 139 Å². The molecule has 80 heavy (non-hydrogen) atoms. The van der Waals surface area contributed by atoms with Crippen molar-refractivity contribution in [3.63, 3.8) is 0 Å². The van der Waals surface area contributed by atoms with Crippen LogP contribution in [0.2, 0.25) is 0 Å². The summed E-state index contributed by atoms with van der Waals surface area (Å²) < 4.78 is 41.6. The Kier molecular flexibility index (Phi) is 19.1. The van der Waals surface area contributed by atoms with Gasteiger partial charge >= 0.3 is 35.9 Å². The fraction of sp³-hybridized carbons (Fsp3) is 0.689. The Balaban J connectivity index is 1.70. The molecule has 7 N–H and O–H groups in total. The number of esters is 3. The van der Waals surface area contributed by atoms with E-state index in [0.29, 0.717) is 42.6 Å². The monoisotopic (exact) mass is 1130 g/mol. The Labute approximate surface area is 476 Å². The van der Waals surface area contributed by atoms with Crippen LogP contribution in [-0.4, -0.2) is 82.4 Å². The number of anilines is 2. The van der Waals surface area contributed by atoms with Crippen LogP contribution < -0.4 is 26.4 Å². The SMILES string of the molecule is CCOC(=O)C1(CC(C)(C)C(C)(C)C(C)(CC(C)(C)C)C(=O)O)CC1(C)C(C)(C)CC1(C(=O)OCCNC(=O)Nc2ccc(S(N)(=O)=O)cc2)CC1(C)C(C)(C)CC(C)(C(=O)OCCNC(=O)Nc1ccccc1C#N)C(C)(C)C. The summed E-state index contributed by atoms with van der Waals surface area (Å²) in [5, 5.41) is 36.3. The third-order valence-corrected chi connectivity index (χ3v) is 20.9. The fourth-order valence-electron chi connectivity index (χ4n) is 13.1. The highest BCUT2D eigenvalue weighted by Gasteiger charge is 2.82. The van der Waals surface area contributed by atoms with Crippen LogP contribution >= 0.6 is 0 Å². The van der Waals surface area contributed by atoms with Gasteiger partial charge in [0.05, 0.1) is 57.5 Å². The number of urea groups is 2. The van der Waals surface area contributed by atoms with E-state index in [1.54, 1.807) is 31.2 Å². The first kappa shape index (κ1) is 66.8. The number of carboxylic acid groups (broad SMARTS) is 1. The smallest absolute Gasteiger partial charge is 0.319 e. The fourth-order valence-corrected chi connectivity index (χ4v) is 13.6. The molecule has 0 aromatic heterocycles. The van der Waals surface area contributed by atoms with Gasteiger partial charge in [0, 0.05) is 5.69 Å². The molecule has 2 aliphatic rings. The van der Waals surface area contributed by atoms with Crippen molar-refractivity contribution in [1.82, 2.24) is 10.6 Å². The van der Waals surface area contributed by atoms with Gasteiger partial charge in [0.2, 0.25) is 10.0 Å². The van der Waals surface area contributed by atoms with Crippen LogP contribution in [0, 0.1) is 76.3 Å². The zero-order valence-corrected chi connectivity index (χ0v) is 52.1. The van der Waals surface area contributed by atoms with Gasteiger partial charge in [-0.15, -0.1) is 0 Å². The number of nitriles is 1. The molecule has 6 unspecified atom stereocenters. The Hall–Kier alpha value is -5.74. The molecule has 0 aliphatic heterocycles. The molecule has 2 aromatic rings. The molecule has 4 amide bonds. The molecule has 19 heteroatoms. The third-order valence-electron chi connectivity index (χ3n) is 20.0. The number of benzene rings is 2. The molecule has 0 spiro atoms.